The van der Waals surface area contributed by atoms with E-state index >= 15 is 0 Å². The summed E-state index contributed by atoms with van der Waals surface area (Å²) in [5.74, 6) is -0.191. The molecule has 0 saturated carbocycles. The number of methoxy groups -OCH3 is 1. The molecule has 0 aliphatic carbocycles. The molecule has 1 rings (SSSR count). The van der Waals surface area contributed by atoms with E-state index in [-0.39, 0.29) is 5.71 Å². The first kappa shape index (κ1) is 13.0. The average Bonchev–Trinajstić information content (AvgIpc) is 2.35. The number of carboxylic acids is 1. The largest absolute Gasteiger partial charge is 0.497 e. The minimum atomic E-state index is -1.01. The van der Waals surface area contributed by atoms with Crippen LogP contribution in [0.5, 0.6) is 5.75 Å². The third-order valence-electron chi connectivity index (χ3n) is 2.24. The second-order valence-corrected chi connectivity index (χ2v) is 3.51. The fourth-order valence-corrected chi connectivity index (χ4v) is 1.21. The van der Waals surface area contributed by atoms with Gasteiger partial charge in [-0.25, -0.2) is 4.79 Å². The van der Waals surface area contributed by atoms with Crippen LogP contribution in [0.3, 0.4) is 0 Å². The molecule has 5 nitrogen and oxygen atoms in total. The first-order valence-electron chi connectivity index (χ1n) is 5.27. The molecule has 0 heterocycles. The zero-order valence-corrected chi connectivity index (χ0v) is 9.93. The maximum absolute atomic E-state index is 10.4. The van der Waals surface area contributed by atoms with Crippen LogP contribution in [0.1, 0.15) is 12.5 Å². The Kier molecular flexibility index (Phi) is 5.00. The van der Waals surface area contributed by atoms with Gasteiger partial charge in [0.05, 0.1) is 7.11 Å². The Morgan fingerprint density at radius 3 is 2.59 bits per heavy atom. The molecule has 0 spiro atoms. The highest BCUT2D eigenvalue weighted by molar-refractivity contribution is 6.34. The van der Waals surface area contributed by atoms with Crippen molar-refractivity contribution in [2.45, 2.75) is 13.3 Å². The van der Waals surface area contributed by atoms with Gasteiger partial charge in [0.2, 0.25) is 0 Å². The fourth-order valence-electron chi connectivity index (χ4n) is 1.21. The fraction of sp³-hybridized carbons (Fsp3) is 0.333. The van der Waals surface area contributed by atoms with Gasteiger partial charge in [0.1, 0.15) is 11.5 Å². The maximum Gasteiger partial charge on any atom is 0.351 e. The molecule has 92 valence electrons. The molecule has 0 atom stereocenters. The van der Waals surface area contributed by atoms with Crippen molar-refractivity contribution in [3.8, 4) is 5.75 Å². The number of hydrogen-bond donors (Lipinski definition) is 2. The number of nitrogens with one attached hydrogen (secondary N) is 1. The van der Waals surface area contributed by atoms with Gasteiger partial charge in [0.15, 0.2) is 0 Å². The molecule has 2 N–H and O–H groups in total. The van der Waals surface area contributed by atoms with Crippen molar-refractivity contribution < 1.29 is 14.6 Å². The van der Waals surface area contributed by atoms with Crippen LogP contribution >= 0.6 is 0 Å². The molecule has 17 heavy (non-hydrogen) atoms. The van der Waals surface area contributed by atoms with Gasteiger partial charge in [-0.3, -0.25) is 0 Å². The number of benzene rings is 1. The Morgan fingerprint density at radius 2 is 2.06 bits per heavy atom. The highest BCUT2D eigenvalue weighted by Gasteiger charge is 2.00. The van der Waals surface area contributed by atoms with E-state index in [1.807, 2.05) is 24.3 Å². The van der Waals surface area contributed by atoms with E-state index in [9.17, 15) is 4.79 Å². The summed E-state index contributed by atoms with van der Waals surface area (Å²) in [6, 6.07) is 7.71. The van der Waals surface area contributed by atoms with E-state index in [1.165, 1.54) is 6.92 Å². The molecular weight excluding hydrogens is 220 g/mol. The third kappa shape index (κ3) is 4.55. The summed E-state index contributed by atoms with van der Waals surface area (Å²) in [5, 5.41) is 12.3. The Morgan fingerprint density at radius 1 is 1.41 bits per heavy atom. The van der Waals surface area contributed by atoms with Gasteiger partial charge >= 0.3 is 5.97 Å². The summed E-state index contributed by atoms with van der Waals surface area (Å²) in [4.78, 5) is 10.4. The van der Waals surface area contributed by atoms with Crippen LogP contribution < -0.4 is 10.2 Å². The molecule has 0 fully saturated rings. The Hall–Kier alpha value is -2.04. The predicted octanol–water partition coefficient (Wildman–Crippen LogP) is 1.29. The minimum Gasteiger partial charge on any atom is -0.497 e. The average molecular weight is 236 g/mol. The molecule has 0 aliphatic heterocycles. The summed E-state index contributed by atoms with van der Waals surface area (Å²) < 4.78 is 5.05. The lowest BCUT2D eigenvalue weighted by Crippen LogP contribution is -2.17. The van der Waals surface area contributed by atoms with Crippen LogP contribution in [0.15, 0.2) is 29.4 Å². The normalized spacial score (nSPS) is 11.1. The number of hydrogen-bond acceptors (Lipinski definition) is 4. The van der Waals surface area contributed by atoms with E-state index in [1.54, 1.807) is 7.11 Å². The van der Waals surface area contributed by atoms with Crippen molar-refractivity contribution in [1.29, 1.82) is 0 Å². The quantitative estimate of drug-likeness (QED) is 0.443. The van der Waals surface area contributed by atoms with Gasteiger partial charge < -0.3 is 15.3 Å². The molecule has 1 aromatic rings. The summed E-state index contributed by atoms with van der Waals surface area (Å²) in [5.41, 5.74) is 3.92. The first-order chi connectivity index (χ1) is 8.13. The highest BCUT2D eigenvalue weighted by Crippen LogP contribution is 2.11. The Labute approximate surface area is 100 Å². The molecule has 0 radical (unpaired) electrons. The van der Waals surface area contributed by atoms with Crippen LogP contribution in [-0.4, -0.2) is 30.4 Å². The monoisotopic (exact) mass is 236 g/mol. The molecule has 0 amide bonds. The maximum atomic E-state index is 10.4. The van der Waals surface area contributed by atoms with Crippen LogP contribution in [-0.2, 0) is 11.2 Å². The Balaban J connectivity index is 2.36. The summed E-state index contributed by atoms with van der Waals surface area (Å²) in [6.45, 7) is 2.04. The standard InChI is InChI=1S/C12H16N2O3/c1-9(12(15)16)14-13-8-7-10-3-5-11(17-2)6-4-10/h3-6,13H,7-8H2,1-2H3,(H,15,16)/b14-9-. The van der Waals surface area contributed by atoms with Gasteiger partial charge in [-0.05, 0) is 31.0 Å². The number of carbonyl (C=O) groups is 1. The van der Waals surface area contributed by atoms with Gasteiger partial charge in [0.25, 0.3) is 0 Å². The number of aliphatic carboxylic acids is 1. The number of rotatable bonds is 6. The number of nitrogens with zero attached hydrogens (tertiary/aromatic N) is 1. The van der Waals surface area contributed by atoms with Crippen molar-refractivity contribution in [3.63, 3.8) is 0 Å². The number of hydrazone groups is 1. The molecular formula is C12H16N2O3. The van der Waals surface area contributed by atoms with Crippen molar-refractivity contribution >= 4 is 11.7 Å². The van der Waals surface area contributed by atoms with Crippen LogP contribution in [0.25, 0.3) is 0 Å². The SMILES string of the molecule is COc1ccc(CCN/N=C(/C)C(=O)O)cc1. The first-order valence-corrected chi connectivity index (χ1v) is 5.27. The summed E-state index contributed by atoms with van der Waals surface area (Å²) in [7, 11) is 1.62. The van der Waals surface area contributed by atoms with Crippen LogP contribution in [0.2, 0.25) is 0 Å². The summed E-state index contributed by atoms with van der Waals surface area (Å²) >= 11 is 0. The van der Waals surface area contributed by atoms with E-state index < -0.39 is 5.97 Å². The van der Waals surface area contributed by atoms with Crippen molar-refractivity contribution in [1.82, 2.24) is 5.43 Å². The predicted molar refractivity (Wildman–Crippen MR) is 65.4 cm³/mol. The van der Waals surface area contributed by atoms with Crippen molar-refractivity contribution in [3.05, 3.63) is 29.8 Å². The van der Waals surface area contributed by atoms with E-state index in [4.69, 9.17) is 9.84 Å². The van der Waals surface area contributed by atoms with Gasteiger partial charge in [-0.15, -0.1) is 0 Å². The van der Waals surface area contributed by atoms with E-state index in [2.05, 4.69) is 10.5 Å². The number of ether oxygens (including phenoxy) is 1. The lowest BCUT2D eigenvalue weighted by molar-refractivity contribution is -0.129. The highest BCUT2D eigenvalue weighted by atomic mass is 16.5. The smallest absolute Gasteiger partial charge is 0.351 e. The molecule has 0 aliphatic rings. The zero-order valence-electron chi connectivity index (χ0n) is 9.93. The van der Waals surface area contributed by atoms with Gasteiger partial charge in [-0.2, -0.15) is 5.10 Å². The minimum absolute atomic E-state index is 0.0553. The molecule has 0 bridgehead atoms. The molecule has 5 heteroatoms. The van der Waals surface area contributed by atoms with Gasteiger partial charge in [-0.1, -0.05) is 12.1 Å². The third-order valence-corrected chi connectivity index (χ3v) is 2.24. The van der Waals surface area contributed by atoms with Crippen molar-refractivity contribution in [2.75, 3.05) is 13.7 Å². The number of carboxylic acid groups (broad SMARTS) is 1. The topological polar surface area (TPSA) is 70.9 Å². The second-order valence-electron chi connectivity index (χ2n) is 3.51. The lowest BCUT2D eigenvalue weighted by Gasteiger charge is -2.03. The van der Waals surface area contributed by atoms with Gasteiger partial charge in [0, 0.05) is 6.54 Å². The van der Waals surface area contributed by atoms with Crippen LogP contribution in [0.4, 0.5) is 0 Å². The Bertz CT molecular complexity index is 399. The zero-order chi connectivity index (χ0) is 12.7. The molecule has 0 unspecified atom stereocenters. The lowest BCUT2D eigenvalue weighted by atomic mass is 10.1. The molecule has 0 saturated heterocycles. The summed E-state index contributed by atoms with van der Waals surface area (Å²) in [6.07, 6.45) is 0.778. The van der Waals surface area contributed by atoms with E-state index in [0.29, 0.717) is 6.54 Å². The second kappa shape index (κ2) is 6.52. The van der Waals surface area contributed by atoms with Crippen LogP contribution in [0, 0.1) is 0 Å². The molecule has 0 aromatic heterocycles. The van der Waals surface area contributed by atoms with E-state index in [0.717, 1.165) is 17.7 Å². The van der Waals surface area contributed by atoms with Crippen molar-refractivity contribution in [2.24, 2.45) is 5.10 Å². The molecule has 1 aromatic carbocycles.